The fraction of sp³-hybridized carbons (Fsp3) is 0.368. The number of nitrogens with one attached hydrogen (secondary N) is 2. The Bertz CT molecular complexity index is 961. The number of anilines is 1. The second-order valence-electron chi connectivity index (χ2n) is 6.80. The minimum Gasteiger partial charge on any atom is -0.466 e. The molecular weight excluding hydrogens is 408 g/mol. The van der Waals surface area contributed by atoms with E-state index in [-0.39, 0.29) is 41.0 Å². The van der Waals surface area contributed by atoms with Gasteiger partial charge in [-0.15, -0.1) is 0 Å². The van der Waals surface area contributed by atoms with Crippen LogP contribution in [0.1, 0.15) is 34.5 Å². The third kappa shape index (κ3) is 5.88. The number of amides is 2. The van der Waals surface area contributed by atoms with Crippen LogP contribution in [-0.4, -0.2) is 34.6 Å². The molecule has 7 nitrogen and oxygen atoms in total. The molecule has 30 heavy (non-hydrogen) atoms. The van der Waals surface area contributed by atoms with Gasteiger partial charge in [0.25, 0.3) is 11.8 Å². The minimum atomic E-state index is -4.61. The van der Waals surface area contributed by atoms with Gasteiger partial charge in [-0.25, -0.2) is 14.4 Å². The molecule has 2 N–H and O–H groups in total. The molecule has 1 fully saturated rings. The quantitative estimate of drug-likeness (QED) is 0.664. The molecule has 160 valence electrons. The van der Waals surface area contributed by atoms with Gasteiger partial charge < -0.3 is 15.4 Å². The fourth-order valence-corrected chi connectivity index (χ4v) is 2.52. The molecule has 0 aromatic carbocycles. The maximum atomic E-state index is 14.0. The van der Waals surface area contributed by atoms with Crippen molar-refractivity contribution in [3.05, 3.63) is 47.0 Å². The Morgan fingerprint density at radius 1 is 1.27 bits per heavy atom. The molecule has 2 heterocycles. The van der Waals surface area contributed by atoms with Crippen LogP contribution in [-0.2, 0) is 11.3 Å². The first kappa shape index (κ1) is 21.5. The van der Waals surface area contributed by atoms with Crippen LogP contribution in [0, 0.1) is 18.7 Å². The van der Waals surface area contributed by atoms with E-state index < -0.39 is 30.4 Å². The van der Waals surface area contributed by atoms with Crippen LogP contribution in [0.3, 0.4) is 0 Å². The molecular formula is C19H18F4N4O3. The number of pyridine rings is 2. The van der Waals surface area contributed by atoms with Crippen molar-refractivity contribution in [2.75, 3.05) is 11.9 Å². The Morgan fingerprint density at radius 2 is 2.00 bits per heavy atom. The van der Waals surface area contributed by atoms with E-state index >= 15 is 0 Å². The summed E-state index contributed by atoms with van der Waals surface area (Å²) in [6.07, 6.45) is -1.58. The van der Waals surface area contributed by atoms with Crippen molar-refractivity contribution in [1.82, 2.24) is 15.3 Å². The van der Waals surface area contributed by atoms with Crippen LogP contribution in [0.5, 0.6) is 5.88 Å². The molecule has 1 aliphatic carbocycles. The number of carbonyl (C=O) groups excluding carboxylic acids is 2. The van der Waals surface area contributed by atoms with E-state index in [4.69, 9.17) is 0 Å². The number of nitrogens with zero attached hydrogens (tertiary/aromatic N) is 2. The van der Waals surface area contributed by atoms with Gasteiger partial charge in [-0.2, -0.15) is 13.2 Å². The topological polar surface area (TPSA) is 93.2 Å². The van der Waals surface area contributed by atoms with Gasteiger partial charge in [0.15, 0.2) is 12.4 Å². The van der Waals surface area contributed by atoms with E-state index in [2.05, 4.69) is 25.3 Å². The Kier molecular flexibility index (Phi) is 6.18. The van der Waals surface area contributed by atoms with E-state index in [0.717, 1.165) is 18.9 Å². The molecule has 1 saturated carbocycles. The monoisotopic (exact) mass is 426 g/mol. The summed E-state index contributed by atoms with van der Waals surface area (Å²) in [4.78, 5) is 31.8. The van der Waals surface area contributed by atoms with E-state index in [1.165, 1.54) is 25.3 Å². The lowest BCUT2D eigenvalue weighted by Gasteiger charge is -2.12. The van der Waals surface area contributed by atoms with Crippen LogP contribution < -0.4 is 15.4 Å². The second kappa shape index (κ2) is 8.64. The number of hydrogen-bond acceptors (Lipinski definition) is 5. The van der Waals surface area contributed by atoms with Crippen LogP contribution in [0.4, 0.5) is 23.4 Å². The molecule has 2 aromatic heterocycles. The average Bonchev–Trinajstić information content (AvgIpc) is 3.52. The predicted octanol–water partition coefficient (Wildman–Crippen LogP) is 3.14. The summed E-state index contributed by atoms with van der Waals surface area (Å²) in [6.45, 7) is -0.312. The summed E-state index contributed by atoms with van der Waals surface area (Å²) < 4.78 is 55.0. The molecule has 0 aliphatic heterocycles. The molecule has 0 atom stereocenters. The van der Waals surface area contributed by atoms with Crippen molar-refractivity contribution in [1.29, 1.82) is 0 Å². The van der Waals surface area contributed by atoms with Crippen molar-refractivity contribution in [3.8, 4) is 5.88 Å². The van der Waals surface area contributed by atoms with Crippen molar-refractivity contribution < 1.29 is 31.9 Å². The van der Waals surface area contributed by atoms with E-state index in [1.54, 1.807) is 0 Å². The van der Waals surface area contributed by atoms with Gasteiger partial charge in [0.05, 0.1) is 0 Å². The number of alkyl halides is 3. The lowest BCUT2D eigenvalue weighted by Crippen LogP contribution is -2.24. The lowest BCUT2D eigenvalue weighted by molar-refractivity contribution is -0.154. The van der Waals surface area contributed by atoms with Crippen LogP contribution >= 0.6 is 0 Å². The highest BCUT2D eigenvalue weighted by atomic mass is 19.4. The Morgan fingerprint density at radius 3 is 2.67 bits per heavy atom. The molecule has 0 unspecified atom stereocenters. The van der Waals surface area contributed by atoms with Crippen molar-refractivity contribution >= 4 is 17.6 Å². The Labute approximate surface area is 168 Å². The fourth-order valence-electron chi connectivity index (χ4n) is 2.52. The summed E-state index contributed by atoms with van der Waals surface area (Å²) in [5, 5.41) is 5.20. The number of rotatable bonds is 7. The Balaban J connectivity index is 1.61. The zero-order chi connectivity index (χ0) is 21.9. The van der Waals surface area contributed by atoms with Gasteiger partial charge in [0, 0.05) is 29.9 Å². The third-order valence-electron chi connectivity index (χ3n) is 4.27. The highest BCUT2D eigenvalue weighted by Crippen LogP contribution is 2.30. The SMILES string of the molecule is Cc1nc(OCC(F)(F)F)c(F)cc1CNC(=O)c1ccnc(NC(=O)C2CC2)c1. The molecule has 0 radical (unpaired) electrons. The van der Waals surface area contributed by atoms with E-state index in [0.29, 0.717) is 0 Å². The van der Waals surface area contributed by atoms with Gasteiger partial charge in [0.1, 0.15) is 5.82 Å². The normalized spacial score (nSPS) is 13.6. The first-order chi connectivity index (χ1) is 14.1. The summed E-state index contributed by atoms with van der Waals surface area (Å²) in [5.41, 5.74) is 0.713. The smallest absolute Gasteiger partial charge is 0.422 e. The van der Waals surface area contributed by atoms with Gasteiger partial charge >= 0.3 is 6.18 Å². The number of ether oxygens (including phenoxy) is 1. The van der Waals surface area contributed by atoms with Crippen LogP contribution in [0.25, 0.3) is 0 Å². The molecule has 0 saturated heterocycles. The van der Waals surface area contributed by atoms with Crippen molar-refractivity contribution in [2.24, 2.45) is 5.92 Å². The standard InChI is InChI=1S/C19H18F4N4O3/c1-10-13(6-14(20)18(26-10)30-9-19(21,22)23)8-25-16(28)12-4-5-24-15(7-12)27-17(29)11-2-3-11/h4-7,11H,2-3,8-9H2,1H3,(H,25,28)(H,24,27,29). The van der Waals surface area contributed by atoms with Crippen molar-refractivity contribution in [3.63, 3.8) is 0 Å². The molecule has 2 amide bonds. The molecule has 0 bridgehead atoms. The molecule has 3 rings (SSSR count). The average molecular weight is 426 g/mol. The minimum absolute atomic E-state index is 0.0160. The first-order valence-corrected chi connectivity index (χ1v) is 9.03. The largest absolute Gasteiger partial charge is 0.466 e. The highest BCUT2D eigenvalue weighted by molar-refractivity contribution is 5.97. The van der Waals surface area contributed by atoms with Crippen LogP contribution in [0.2, 0.25) is 0 Å². The zero-order valence-electron chi connectivity index (χ0n) is 15.8. The first-order valence-electron chi connectivity index (χ1n) is 9.03. The number of carbonyl (C=O) groups is 2. The van der Waals surface area contributed by atoms with E-state index in [9.17, 15) is 27.2 Å². The number of hydrogen-bond donors (Lipinski definition) is 2. The number of aryl methyl sites for hydroxylation is 1. The molecule has 2 aromatic rings. The van der Waals surface area contributed by atoms with Crippen LogP contribution in [0.15, 0.2) is 24.4 Å². The zero-order valence-corrected chi connectivity index (χ0v) is 15.8. The molecule has 1 aliphatic rings. The molecule has 11 heteroatoms. The number of aromatic nitrogens is 2. The predicted molar refractivity (Wildman–Crippen MR) is 97.2 cm³/mol. The Hall–Kier alpha value is -3.24. The summed E-state index contributed by atoms with van der Waals surface area (Å²) in [5.74, 6) is -2.25. The van der Waals surface area contributed by atoms with E-state index in [1.807, 2.05) is 0 Å². The summed E-state index contributed by atoms with van der Waals surface area (Å²) >= 11 is 0. The number of halogens is 4. The van der Waals surface area contributed by atoms with Gasteiger partial charge in [-0.05, 0) is 43.5 Å². The van der Waals surface area contributed by atoms with Gasteiger partial charge in [0.2, 0.25) is 5.91 Å². The van der Waals surface area contributed by atoms with Crippen molar-refractivity contribution in [2.45, 2.75) is 32.5 Å². The van der Waals surface area contributed by atoms with Gasteiger partial charge in [-0.3, -0.25) is 9.59 Å². The maximum absolute atomic E-state index is 14.0. The third-order valence-corrected chi connectivity index (χ3v) is 4.27. The van der Waals surface area contributed by atoms with Gasteiger partial charge in [-0.1, -0.05) is 0 Å². The highest BCUT2D eigenvalue weighted by Gasteiger charge is 2.30. The second-order valence-corrected chi connectivity index (χ2v) is 6.80. The molecule has 0 spiro atoms. The maximum Gasteiger partial charge on any atom is 0.422 e. The summed E-state index contributed by atoms with van der Waals surface area (Å²) in [6, 6.07) is 3.82. The lowest BCUT2D eigenvalue weighted by atomic mass is 10.2. The summed E-state index contributed by atoms with van der Waals surface area (Å²) in [7, 11) is 0.